The van der Waals surface area contributed by atoms with Crippen LogP contribution in [0, 0.1) is 0 Å². The first-order valence-electron chi connectivity index (χ1n) is 7.74. The van der Waals surface area contributed by atoms with Crippen LogP contribution in [0.1, 0.15) is 50.7 Å². The molecule has 1 saturated heterocycles. The molecule has 4 rings (SSSR count). The minimum absolute atomic E-state index is 0.0221. The standard InChI is InChI=1S/C17H18N2O2S/c20-16(15-10-19-17(22-15)14-6-3-7-21-14)18-9-12-8-11-4-1-2-5-13(11)12/h1-2,4-5,10,12,14H,3,6-9H2,(H,18,20)/t12-,14+/m0/s1. The van der Waals surface area contributed by atoms with Crippen molar-refractivity contribution >= 4 is 17.2 Å². The molecule has 0 spiro atoms. The monoisotopic (exact) mass is 314 g/mol. The number of hydrogen-bond donors (Lipinski definition) is 1. The molecule has 1 N–H and O–H groups in total. The molecule has 1 aromatic heterocycles. The number of ether oxygens (including phenoxy) is 1. The van der Waals surface area contributed by atoms with E-state index in [1.54, 1.807) is 6.20 Å². The van der Waals surface area contributed by atoms with E-state index in [1.807, 2.05) is 0 Å². The van der Waals surface area contributed by atoms with Gasteiger partial charge in [0.2, 0.25) is 0 Å². The topological polar surface area (TPSA) is 51.2 Å². The summed E-state index contributed by atoms with van der Waals surface area (Å²) in [4.78, 5) is 17.3. The number of nitrogens with zero attached hydrogens (tertiary/aromatic N) is 1. The number of carbonyl (C=O) groups is 1. The largest absolute Gasteiger partial charge is 0.371 e. The van der Waals surface area contributed by atoms with Gasteiger partial charge in [0, 0.05) is 19.1 Å². The van der Waals surface area contributed by atoms with Gasteiger partial charge >= 0.3 is 0 Å². The predicted molar refractivity (Wildman–Crippen MR) is 85.3 cm³/mol. The van der Waals surface area contributed by atoms with Gasteiger partial charge in [-0.3, -0.25) is 4.79 Å². The fourth-order valence-electron chi connectivity index (χ4n) is 3.16. The molecule has 1 aromatic carbocycles. The van der Waals surface area contributed by atoms with Gasteiger partial charge in [-0.05, 0) is 30.4 Å². The zero-order valence-corrected chi connectivity index (χ0v) is 13.1. The Labute approximate surface area is 133 Å². The zero-order chi connectivity index (χ0) is 14.9. The van der Waals surface area contributed by atoms with Crippen LogP contribution in [0.5, 0.6) is 0 Å². The number of carbonyl (C=O) groups excluding carboxylic acids is 1. The van der Waals surface area contributed by atoms with E-state index in [0.717, 1.165) is 30.9 Å². The molecule has 1 aliphatic carbocycles. The SMILES string of the molecule is O=C(NC[C@@H]1Cc2ccccc21)c1cnc([C@H]2CCCO2)s1. The van der Waals surface area contributed by atoms with E-state index < -0.39 is 0 Å². The van der Waals surface area contributed by atoms with E-state index in [-0.39, 0.29) is 12.0 Å². The third-order valence-corrected chi connectivity index (χ3v) is 5.51. The maximum absolute atomic E-state index is 12.2. The van der Waals surface area contributed by atoms with Gasteiger partial charge in [-0.15, -0.1) is 11.3 Å². The van der Waals surface area contributed by atoms with Crippen LogP contribution < -0.4 is 5.32 Å². The lowest BCUT2D eigenvalue weighted by molar-refractivity contribution is 0.0954. The average Bonchev–Trinajstić information content (AvgIpc) is 3.19. The van der Waals surface area contributed by atoms with Crippen LogP contribution in [0.4, 0.5) is 0 Å². The van der Waals surface area contributed by atoms with Crippen LogP contribution in [0.3, 0.4) is 0 Å². The molecule has 0 radical (unpaired) electrons. The van der Waals surface area contributed by atoms with Gasteiger partial charge in [-0.25, -0.2) is 4.98 Å². The molecule has 1 amide bonds. The number of thiazole rings is 1. The number of aromatic nitrogens is 1. The highest BCUT2D eigenvalue weighted by Crippen LogP contribution is 2.34. The van der Waals surface area contributed by atoms with Crippen LogP contribution in [0.25, 0.3) is 0 Å². The van der Waals surface area contributed by atoms with E-state index in [1.165, 1.54) is 22.5 Å². The Morgan fingerprint density at radius 3 is 3.14 bits per heavy atom. The molecule has 0 saturated carbocycles. The molecule has 2 aliphatic rings. The Kier molecular flexibility index (Phi) is 3.68. The molecule has 5 heteroatoms. The van der Waals surface area contributed by atoms with Crippen molar-refractivity contribution in [2.75, 3.05) is 13.2 Å². The summed E-state index contributed by atoms with van der Waals surface area (Å²) in [5, 5.41) is 3.96. The van der Waals surface area contributed by atoms with Crippen molar-refractivity contribution in [2.24, 2.45) is 0 Å². The summed E-state index contributed by atoms with van der Waals surface area (Å²) in [5.74, 6) is 0.428. The van der Waals surface area contributed by atoms with E-state index in [9.17, 15) is 4.79 Å². The number of hydrogen-bond acceptors (Lipinski definition) is 4. The molecule has 2 atom stereocenters. The third kappa shape index (κ3) is 2.55. The molecule has 22 heavy (non-hydrogen) atoms. The first-order chi connectivity index (χ1) is 10.8. The summed E-state index contributed by atoms with van der Waals surface area (Å²) in [6, 6.07) is 8.43. The van der Waals surface area contributed by atoms with Crippen molar-refractivity contribution in [3.05, 3.63) is 51.5 Å². The Morgan fingerprint density at radius 2 is 2.32 bits per heavy atom. The van der Waals surface area contributed by atoms with Crippen LogP contribution in [-0.4, -0.2) is 24.0 Å². The van der Waals surface area contributed by atoms with Gasteiger partial charge in [0.15, 0.2) is 0 Å². The van der Waals surface area contributed by atoms with Crippen LogP contribution in [0.2, 0.25) is 0 Å². The molecule has 1 aliphatic heterocycles. The maximum atomic E-state index is 12.2. The van der Waals surface area contributed by atoms with E-state index >= 15 is 0 Å². The number of benzene rings is 1. The Morgan fingerprint density at radius 1 is 1.41 bits per heavy atom. The van der Waals surface area contributed by atoms with Crippen molar-refractivity contribution in [2.45, 2.75) is 31.3 Å². The normalized spacial score (nSPS) is 22.9. The fraction of sp³-hybridized carbons (Fsp3) is 0.412. The lowest BCUT2D eigenvalue weighted by atomic mass is 9.77. The molecule has 114 valence electrons. The minimum Gasteiger partial charge on any atom is -0.371 e. The van der Waals surface area contributed by atoms with Gasteiger partial charge in [0.25, 0.3) is 5.91 Å². The van der Waals surface area contributed by atoms with Crippen LogP contribution in [-0.2, 0) is 11.2 Å². The second-order valence-electron chi connectivity index (χ2n) is 5.87. The van der Waals surface area contributed by atoms with Crippen molar-refractivity contribution in [3.8, 4) is 0 Å². The smallest absolute Gasteiger partial charge is 0.263 e. The Balaban J connectivity index is 1.35. The number of nitrogens with one attached hydrogen (secondary N) is 1. The zero-order valence-electron chi connectivity index (χ0n) is 12.2. The fourth-order valence-corrected chi connectivity index (χ4v) is 4.08. The lowest BCUT2D eigenvalue weighted by Crippen LogP contribution is -2.32. The molecule has 0 bridgehead atoms. The highest BCUT2D eigenvalue weighted by atomic mass is 32.1. The van der Waals surface area contributed by atoms with Crippen molar-refractivity contribution in [3.63, 3.8) is 0 Å². The summed E-state index contributed by atoms with van der Waals surface area (Å²) < 4.78 is 5.61. The highest BCUT2D eigenvalue weighted by molar-refractivity contribution is 7.13. The predicted octanol–water partition coefficient (Wildman–Crippen LogP) is 3.06. The van der Waals surface area contributed by atoms with Gasteiger partial charge in [-0.1, -0.05) is 24.3 Å². The molecular weight excluding hydrogens is 296 g/mol. The van der Waals surface area contributed by atoms with E-state index in [2.05, 4.69) is 34.6 Å². The second kappa shape index (κ2) is 5.82. The summed E-state index contributed by atoms with van der Waals surface area (Å²) in [6.45, 7) is 1.50. The molecule has 4 nitrogen and oxygen atoms in total. The first kappa shape index (κ1) is 13.9. The van der Waals surface area contributed by atoms with Gasteiger partial charge in [-0.2, -0.15) is 0 Å². The summed E-state index contributed by atoms with van der Waals surface area (Å²) in [7, 11) is 0. The van der Waals surface area contributed by atoms with Crippen molar-refractivity contribution in [1.29, 1.82) is 0 Å². The summed E-state index contributed by atoms with van der Waals surface area (Å²) >= 11 is 1.45. The van der Waals surface area contributed by atoms with Crippen LogP contribution in [0.15, 0.2) is 30.5 Å². The molecule has 2 heterocycles. The van der Waals surface area contributed by atoms with Gasteiger partial charge in [0.1, 0.15) is 16.0 Å². The Hall–Kier alpha value is -1.72. The molecule has 2 aromatic rings. The number of rotatable bonds is 4. The van der Waals surface area contributed by atoms with Crippen LogP contribution >= 0.6 is 11.3 Å². The average molecular weight is 314 g/mol. The quantitative estimate of drug-likeness (QED) is 0.943. The number of fused-ring (bicyclic) bond motifs is 1. The summed E-state index contributed by atoms with van der Waals surface area (Å²) in [6.07, 6.45) is 4.90. The van der Waals surface area contributed by atoms with E-state index in [4.69, 9.17) is 4.74 Å². The molecule has 1 fully saturated rings. The number of amides is 1. The minimum atomic E-state index is -0.0221. The van der Waals surface area contributed by atoms with Crippen molar-refractivity contribution < 1.29 is 9.53 Å². The Bertz CT molecular complexity index is 691. The highest BCUT2D eigenvalue weighted by Gasteiger charge is 2.26. The summed E-state index contributed by atoms with van der Waals surface area (Å²) in [5.41, 5.74) is 2.77. The maximum Gasteiger partial charge on any atom is 0.263 e. The lowest BCUT2D eigenvalue weighted by Gasteiger charge is -2.30. The third-order valence-electron chi connectivity index (χ3n) is 4.42. The van der Waals surface area contributed by atoms with E-state index in [0.29, 0.717) is 17.3 Å². The molecule has 0 unspecified atom stereocenters. The molecular formula is C17H18N2O2S. The first-order valence-corrected chi connectivity index (χ1v) is 8.56. The van der Waals surface area contributed by atoms with Gasteiger partial charge in [0.05, 0.1) is 6.20 Å². The van der Waals surface area contributed by atoms with Crippen molar-refractivity contribution in [1.82, 2.24) is 10.3 Å². The van der Waals surface area contributed by atoms with Gasteiger partial charge < -0.3 is 10.1 Å². The second-order valence-corrected chi connectivity index (χ2v) is 6.94.